The fraction of sp³-hybridized carbons (Fsp3) is 0.816. The molecule has 0 saturated heterocycles. The van der Waals surface area contributed by atoms with E-state index in [1.54, 1.807) is 0 Å². The molecule has 502 valence electrons. The highest BCUT2D eigenvalue weighted by Crippen LogP contribution is 2.43. The first kappa shape index (κ1) is 83.5. The van der Waals surface area contributed by atoms with E-state index in [4.69, 9.17) is 18.5 Å². The highest BCUT2D eigenvalue weighted by Gasteiger charge is 2.27. The van der Waals surface area contributed by atoms with Crippen LogP contribution >= 0.6 is 7.82 Å². The SMILES string of the molecule is CC/C=C\C/C=C\C/C=C\C/C=C\C/C=C\C/C=C\CCCCC(=O)OC(COC(=O)CCCCCCCCCCCCCCCCCCCCCCCCCCCCCCCCCCCCCCCCCCC)COP(=O)(O)OCC[N+](C)(C)C. The van der Waals surface area contributed by atoms with Gasteiger partial charge < -0.3 is 18.9 Å². The lowest BCUT2D eigenvalue weighted by molar-refractivity contribution is -0.870. The molecule has 2 unspecified atom stereocenters. The van der Waals surface area contributed by atoms with Gasteiger partial charge in [-0.15, -0.1) is 0 Å². The summed E-state index contributed by atoms with van der Waals surface area (Å²) in [6.45, 7) is 4.31. The number of esters is 2. The Balaban J connectivity index is 3.91. The van der Waals surface area contributed by atoms with Gasteiger partial charge in [0.05, 0.1) is 27.7 Å². The van der Waals surface area contributed by atoms with Crippen molar-refractivity contribution in [2.75, 3.05) is 47.5 Å². The van der Waals surface area contributed by atoms with E-state index in [0.717, 1.165) is 70.6 Å². The van der Waals surface area contributed by atoms with Crippen LogP contribution in [0.3, 0.4) is 0 Å². The maximum absolute atomic E-state index is 12.8. The van der Waals surface area contributed by atoms with Crippen molar-refractivity contribution in [3.05, 3.63) is 72.9 Å². The van der Waals surface area contributed by atoms with Gasteiger partial charge in [0.15, 0.2) is 6.10 Å². The minimum absolute atomic E-state index is 0.0211. The molecule has 0 aromatic rings. The van der Waals surface area contributed by atoms with Crippen LogP contribution in [-0.2, 0) is 32.7 Å². The van der Waals surface area contributed by atoms with Crippen LogP contribution in [0.2, 0.25) is 0 Å². The third-order valence-electron chi connectivity index (χ3n) is 16.3. The zero-order valence-corrected chi connectivity index (χ0v) is 58.2. The van der Waals surface area contributed by atoms with Gasteiger partial charge in [0.2, 0.25) is 0 Å². The van der Waals surface area contributed by atoms with Crippen LogP contribution in [0, 0.1) is 0 Å². The average molecular weight is 1230 g/mol. The van der Waals surface area contributed by atoms with Crippen LogP contribution in [0.1, 0.15) is 348 Å². The summed E-state index contributed by atoms with van der Waals surface area (Å²) >= 11 is 0. The molecule has 0 saturated carbocycles. The Labute approximate surface area is 533 Å². The van der Waals surface area contributed by atoms with Gasteiger partial charge in [0.1, 0.15) is 19.8 Å². The Kier molecular flexibility index (Phi) is 64.9. The molecular weight excluding hydrogens is 1090 g/mol. The molecule has 1 N–H and O–H groups in total. The van der Waals surface area contributed by atoms with Crippen LogP contribution in [0.5, 0.6) is 0 Å². The van der Waals surface area contributed by atoms with Crippen molar-refractivity contribution in [2.45, 2.75) is 354 Å². The van der Waals surface area contributed by atoms with Crippen molar-refractivity contribution < 1.29 is 42.1 Å². The molecule has 0 rings (SSSR count). The molecule has 0 aliphatic heterocycles. The lowest BCUT2D eigenvalue weighted by Crippen LogP contribution is -2.37. The second-order valence-electron chi connectivity index (χ2n) is 26.0. The summed E-state index contributed by atoms with van der Waals surface area (Å²) in [4.78, 5) is 35.8. The maximum Gasteiger partial charge on any atom is 0.472 e. The predicted octanol–water partition coefficient (Wildman–Crippen LogP) is 23.9. The molecular formula is C76H141NO8P+. The Hall–Kier alpha value is -2.55. The number of unbranched alkanes of at least 4 members (excludes halogenated alkanes) is 42. The quantitative estimate of drug-likeness (QED) is 0.0211. The molecule has 9 nitrogen and oxygen atoms in total. The number of allylic oxidation sites excluding steroid dienone is 12. The van der Waals surface area contributed by atoms with Gasteiger partial charge in [-0.25, -0.2) is 4.57 Å². The summed E-state index contributed by atoms with van der Waals surface area (Å²) in [6.07, 6.45) is 90.6. The van der Waals surface area contributed by atoms with Gasteiger partial charge in [-0.3, -0.25) is 18.6 Å². The number of ether oxygens (including phenoxy) is 2. The summed E-state index contributed by atoms with van der Waals surface area (Å²) in [7, 11) is 1.45. The van der Waals surface area contributed by atoms with Gasteiger partial charge in [0, 0.05) is 12.8 Å². The maximum atomic E-state index is 12.8. The van der Waals surface area contributed by atoms with Crippen molar-refractivity contribution in [3.63, 3.8) is 0 Å². The van der Waals surface area contributed by atoms with Crippen LogP contribution in [-0.4, -0.2) is 74.9 Å². The third-order valence-corrected chi connectivity index (χ3v) is 17.2. The molecule has 2 atom stereocenters. The smallest absolute Gasteiger partial charge is 0.462 e. The fourth-order valence-corrected chi connectivity index (χ4v) is 11.4. The summed E-state index contributed by atoms with van der Waals surface area (Å²) in [6, 6.07) is 0. The average Bonchev–Trinajstić information content (AvgIpc) is 3.67. The van der Waals surface area contributed by atoms with E-state index in [1.165, 1.54) is 244 Å². The lowest BCUT2D eigenvalue weighted by Gasteiger charge is -2.24. The number of likely N-dealkylation sites (N-methyl/N-ethyl adjacent to an activating group) is 1. The lowest BCUT2D eigenvalue weighted by atomic mass is 10.0. The molecule has 0 aliphatic rings. The van der Waals surface area contributed by atoms with Crippen LogP contribution in [0.15, 0.2) is 72.9 Å². The fourth-order valence-electron chi connectivity index (χ4n) is 10.7. The summed E-state index contributed by atoms with van der Waals surface area (Å²) in [5, 5.41) is 0. The number of phosphoric ester groups is 1. The van der Waals surface area contributed by atoms with E-state index >= 15 is 0 Å². The first-order valence-corrected chi connectivity index (χ1v) is 38.2. The number of carbonyl (C=O) groups is 2. The molecule has 0 heterocycles. The first-order valence-electron chi connectivity index (χ1n) is 36.7. The topological polar surface area (TPSA) is 108 Å². The second kappa shape index (κ2) is 66.9. The Morgan fingerprint density at radius 2 is 0.663 bits per heavy atom. The molecule has 0 aromatic carbocycles. The monoisotopic (exact) mass is 1230 g/mol. The second-order valence-corrected chi connectivity index (χ2v) is 27.4. The van der Waals surface area contributed by atoms with E-state index in [2.05, 4.69) is 86.8 Å². The summed E-state index contributed by atoms with van der Waals surface area (Å²) in [5.74, 6) is -0.839. The molecule has 0 radical (unpaired) electrons. The Bertz CT molecular complexity index is 1680. The molecule has 0 spiro atoms. The van der Waals surface area contributed by atoms with Crippen molar-refractivity contribution in [2.24, 2.45) is 0 Å². The van der Waals surface area contributed by atoms with E-state index in [-0.39, 0.29) is 32.0 Å². The van der Waals surface area contributed by atoms with Crippen molar-refractivity contribution in [1.29, 1.82) is 0 Å². The number of hydrogen-bond acceptors (Lipinski definition) is 7. The van der Waals surface area contributed by atoms with E-state index in [0.29, 0.717) is 17.4 Å². The predicted molar refractivity (Wildman–Crippen MR) is 372 cm³/mol. The standard InChI is InChI=1S/C76H140NO8P/c1-6-8-10-12-14-16-18-20-22-24-26-28-29-30-31-32-33-34-35-36-37-38-39-40-41-42-43-44-45-46-47-49-50-52-54-56-58-60-62-64-66-68-75(78)82-72-74(73-84-86(80,81)83-71-70-77(3,4)5)85-76(79)69-67-65-63-61-59-57-55-53-51-48-27-25-23-21-19-17-15-13-11-9-7-2/h9,11,15,17,21,23,27,48,53,55,59,61,74H,6-8,10,12-14,16,18-20,22,24-26,28-47,49-52,54,56-58,60,62-73H2,1-5H3/p+1/b11-9-,17-15-,23-21-,48-27-,55-53-,61-59-. The summed E-state index contributed by atoms with van der Waals surface area (Å²) < 4.78 is 34.6. The van der Waals surface area contributed by atoms with Gasteiger partial charge in [0.25, 0.3) is 0 Å². The number of nitrogens with zero attached hydrogens (tertiary/aromatic N) is 1. The number of carbonyl (C=O) groups excluding carboxylic acids is 2. The van der Waals surface area contributed by atoms with Crippen LogP contribution in [0.25, 0.3) is 0 Å². The van der Waals surface area contributed by atoms with Gasteiger partial charge in [-0.05, 0) is 64.2 Å². The minimum atomic E-state index is -4.41. The number of phosphoric acid groups is 1. The van der Waals surface area contributed by atoms with Crippen molar-refractivity contribution in [1.82, 2.24) is 0 Å². The number of quaternary nitrogens is 1. The number of rotatable bonds is 68. The van der Waals surface area contributed by atoms with Crippen LogP contribution < -0.4 is 0 Å². The third kappa shape index (κ3) is 70.5. The molecule has 0 amide bonds. The highest BCUT2D eigenvalue weighted by atomic mass is 31.2. The van der Waals surface area contributed by atoms with Crippen LogP contribution in [0.4, 0.5) is 0 Å². The molecule has 0 aliphatic carbocycles. The number of hydrogen-bond donors (Lipinski definition) is 1. The largest absolute Gasteiger partial charge is 0.472 e. The molecule has 10 heteroatoms. The highest BCUT2D eigenvalue weighted by molar-refractivity contribution is 7.47. The zero-order chi connectivity index (χ0) is 62.6. The van der Waals surface area contributed by atoms with Gasteiger partial charge in [-0.2, -0.15) is 0 Å². The zero-order valence-electron chi connectivity index (χ0n) is 57.3. The Morgan fingerprint density at radius 3 is 0.988 bits per heavy atom. The minimum Gasteiger partial charge on any atom is -0.462 e. The normalized spacial score (nSPS) is 13.5. The molecule has 0 fully saturated rings. The molecule has 0 aromatic heterocycles. The van der Waals surface area contributed by atoms with E-state index in [9.17, 15) is 19.0 Å². The van der Waals surface area contributed by atoms with Gasteiger partial charge in [-0.1, -0.05) is 344 Å². The van der Waals surface area contributed by atoms with Crippen molar-refractivity contribution >= 4 is 19.8 Å². The first-order chi connectivity index (χ1) is 42.0. The Morgan fingerprint density at radius 1 is 0.372 bits per heavy atom. The summed E-state index contributed by atoms with van der Waals surface area (Å²) in [5.41, 5.74) is 0. The molecule has 0 bridgehead atoms. The van der Waals surface area contributed by atoms with Gasteiger partial charge >= 0.3 is 19.8 Å². The van der Waals surface area contributed by atoms with Crippen molar-refractivity contribution in [3.8, 4) is 0 Å². The molecule has 86 heavy (non-hydrogen) atoms. The van der Waals surface area contributed by atoms with E-state index in [1.807, 2.05) is 21.1 Å². The van der Waals surface area contributed by atoms with E-state index < -0.39 is 26.5 Å².